The third kappa shape index (κ3) is 4.06. The topological polar surface area (TPSA) is 64.7 Å². The first-order valence-electron chi connectivity index (χ1n) is 7.87. The number of rotatable bonds is 6. The molecule has 0 unspecified atom stereocenters. The molecule has 0 fully saturated rings. The van der Waals surface area contributed by atoms with Gasteiger partial charge in [-0.2, -0.15) is 10.2 Å². The fraction of sp³-hybridized carbons (Fsp3) is 0.235. The lowest BCUT2D eigenvalue weighted by molar-refractivity contribution is 0.101. The predicted molar refractivity (Wildman–Crippen MR) is 93.2 cm³/mol. The number of hydrogen-bond acceptors (Lipinski definition) is 3. The van der Waals surface area contributed by atoms with Crippen molar-refractivity contribution in [2.24, 2.45) is 0 Å². The van der Waals surface area contributed by atoms with E-state index in [4.69, 9.17) is 11.6 Å². The number of benzene rings is 1. The summed E-state index contributed by atoms with van der Waals surface area (Å²) in [6.45, 7) is 3.09. The van der Waals surface area contributed by atoms with Crippen LogP contribution in [-0.2, 0) is 13.1 Å². The van der Waals surface area contributed by atoms with E-state index in [1.807, 2.05) is 6.92 Å². The average molecular weight is 362 g/mol. The number of nitrogens with one attached hydrogen (secondary N) is 1. The van der Waals surface area contributed by atoms with Gasteiger partial charge in [-0.3, -0.25) is 14.2 Å². The van der Waals surface area contributed by atoms with Crippen LogP contribution in [0.15, 0.2) is 42.7 Å². The maximum absolute atomic E-state index is 13.0. The van der Waals surface area contributed by atoms with E-state index in [-0.39, 0.29) is 17.5 Å². The number of halogens is 2. The molecule has 1 amide bonds. The van der Waals surface area contributed by atoms with Gasteiger partial charge in [0.15, 0.2) is 5.82 Å². The Hall–Kier alpha value is -2.67. The molecule has 0 saturated heterocycles. The van der Waals surface area contributed by atoms with Gasteiger partial charge < -0.3 is 5.32 Å². The number of hydrogen-bond donors (Lipinski definition) is 1. The molecule has 0 aliphatic heterocycles. The minimum atomic E-state index is -0.320. The van der Waals surface area contributed by atoms with Gasteiger partial charge in [0.1, 0.15) is 16.5 Å². The van der Waals surface area contributed by atoms with E-state index < -0.39 is 0 Å². The first-order chi connectivity index (χ1) is 12.1. The zero-order valence-corrected chi connectivity index (χ0v) is 14.4. The molecule has 1 aromatic carbocycles. The molecule has 6 nitrogen and oxygen atoms in total. The summed E-state index contributed by atoms with van der Waals surface area (Å²) >= 11 is 6.16. The Kier molecular flexibility index (Phi) is 5.14. The van der Waals surface area contributed by atoms with Crippen molar-refractivity contribution < 1.29 is 9.18 Å². The highest BCUT2D eigenvalue weighted by molar-refractivity contribution is 6.33. The van der Waals surface area contributed by atoms with Crippen LogP contribution in [0.2, 0.25) is 5.02 Å². The second-order valence-electron chi connectivity index (χ2n) is 5.54. The third-order valence-corrected chi connectivity index (χ3v) is 3.87. The van der Waals surface area contributed by atoms with Crippen molar-refractivity contribution in [1.82, 2.24) is 19.6 Å². The first-order valence-corrected chi connectivity index (χ1v) is 8.25. The van der Waals surface area contributed by atoms with Crippen molar-refractivity contribution in [2.75, 3.05) is 5.32 Å². The van der Waals surface area contributed by atoms with Gasteiger partial charge in [-0.15, -0.1) is 0 Å². The van der Waals surface area contributed by atoms with Crippen molar-refractivity contribution in [3.63, 3.8) is 0 Å². The molecule has 0 aliphatic rings. The molecule has 3 aromatic rings. The Morgan fingerprint density at radius 2 is 2.04 bits per heavy atom. The van der Waals surface area contributed by atoms with Crippen LogP contribution in [0, 0.1) is 5.82 Å². The Labute approximate surface area is 149 Å². The van der Waals surface area contributed by atoms with Crippen molar-refractivity contribution in [2.45, 2.75) is 26.4 Å². The Bertz CT molecular complexity index is 872. The molecule has 0 radical (unpaired) electrons. The zero-order valence-electron chi connectivity index (χ0n) is 13.6. The summed E-state index contributed by atoms with van der Waals surface area (Å²) in [5.74, 6) is -0.336. The SMILES string of the molecule is CCCn1nccc1C(=O)Nc1nn(Cc2ccc(F)cc2)cc1Cl. The number of nitrogens with zero attached hydrogens (tertiary/aromatic N) is 4. The Balaban J connectivity index is 1.72. The average Bonchev–Trinajstić information content (AvgIpc) is 3.17. The fourth-order valence-electron chi connectivity index (χ4n) is 2.43. The molecular formula is C17H17ClFN5O. The molecule has 3 rings (SSSR count). The smallest absolute Gasteiger partial charge is 0.275 e. The zero-order chi connectivity index (χ0) is 17.8. The minimum Gasteiger partial charge on any atom is -0.302 e. The highest BCUT2D eigenvalue weighted by Crippen LogP contribution is 2.21. The van der Waals surface area contributed by atoms with Crippen LogP contribution in [0.3, 0.4) is 0 Å². The normalized spacial score (nSPS) is 10.8. The van der Waals surface area contributed by atoms with E-state index in [2.05, 4.69) is 15.5 Å². The van der Waals surface area contributed by atoms with Crippen molar-refractivity contribution in [1.29, 1.82) is 0 Å². The quantitative estimate of drug-likeness (QED) is 0.729. The maximum atomic E-state index is 13.0. The van der Waals surface area contributed by atoms with E-state index >= 15 is 0 Å². The molecule has 2 aromatic heterocycles. The summed E-state index contributed by atoms with van der Waals surface area (Å²) < 4.78 is 16.2. The lowest BCUT2D eigenvalue weighted by atomic mass is 10.2. The molecule has 0 saturated carbocycles. The van der Waals surface area contributed by atoms with Crippen LogP contribution in [0.4, 0.5) is 10.2 Å². The summed E-state index contributed by atoms with van der Waals surface area (Å²) in [5.41, 5.74) is 1.32. The highest BCUT2D eigenvalue weighted by Gasteiger charge is 2.16. The van der Waals surface area contributed by atoms with Crippen molar-refractivity contribution in [3.8, 4) is 0 Å². The molecule has 0 atom stereocenters. The standard InChI is InChI=1S/C17H17ClFN5O/c1-2-9-24-15(7-8-20-24)17(25)21-16-14(18)11-23(22-16)10-12-3-5-13(19)6-4-12/h3-8,11H,2,9-10H2,1H3,(H,21,22,25). The third-order valence-electron chi connectivity index (χ3n) is 3.59. The Morgan fingerprint density at radius 1 is 1.28 bits per heavy atom. The lowest BCUT2D eigenvalue weighted by Gasteiger charge is -2.06. The van der Waals surface area contributed by atoms with E-state index in [0.29, 0.717) is 23.8 Å². The summed E-state index contributed by atoms with van der Waals surface area (Å²) in [6.07, 6.45) is 4.07. The fourth-order valence-corrected chi connectivity index (χ4v) is 2.62. The molecule has 0 bridgehead atoms. The van der Waals surface area contributed by atoms with E-state index in [1.165, 1.54) is 12.1 Å². The molecule has 8 heteroatoms. The summed E-state index contributed by atoms with van der Waals surface area (Å²) in [6, 6.07) is 7.77. The summed E-state index contributed by atoms with van der Waals surface area (Å²) in [4.78, 5) is 12.4. The first kappa shape index (κ1) is 17.2. The molecule has 0 spiro atoms. The summed E-state index contributed by atoms with van der Waals surface area (Å²) in [5, 5.41) is 11.4. The van der Waals surface area contributed by atoms with Crippen LogP contribution < -0.4 is 5.32 Å². The van der Waals surface area contributed by atoms with Gasteiger partial charge >= 0.3 is 0 Å². The number of carbonyl (C=O) groups excluding carboxylic acids is 1. The van der Waals surface area contributed by atoms with Crippen molar-refractivity contribution in [3.05, 3.63) is 64.8 Å². The number of anilines is 1. The maximum Gasteiger partial charge on any atom is 0.275 e. The minimum absolute atomic E-state index is 0.276. The van der Waals surface area contributed by atoms with Gasteiger partial charge in [-0.1, -0.05) is 30.7 Å². The molecule has 2 heterocycles. The lowest BCUT2D eigenvalue weighted by Crippen LogP contribution is -2.18. The molecule has 1 N–H and O–H groups in total. The Morgan fingerprint density at radius 3 is 2.76 bits per heavy atom. The molecular weight excluding hydrogens is 345 g/mol. The number of carbonyl (C=O) groups is 1. The molecule has 0 aliphatic carbocycles. The van der Waals surface area contributed by atoms with E-state index in [9.17, 15) is 9.18 Å². The van der Waals surface area contributed by atoms with E-state index in [0.717, 1.165) is 12.0 Å². The second kappa shape index (κ2) is 7.48. The number of amides is 1. The van der Waals surface area contributed by atoms with Gasteiger partial charge in [0.25, 0.3) is 5.91 Å². The largest absolute Gasteiger partial charge is 0.302 e. The van der Waals surface area contributed by atoms with Crippen LogP contribution in [-0.4, -0.2) is 25.5 Å². The molecule has 130 valence electrons. The van der Waals surface area contributed by atoms with Crippen molar-refractivity contribution >= 4 is 23.3 Å². The second-order valence-corrected chi connectivity index (χ2v) is 5.95. The number of aryl methyl sites for hydroxylation is 1. The predicted octanol–water partition coefficient (Wildman–Crippen LogP) is 3.58. The highest BCUT2D eigenvalue weighted by atomic mass is 35.5. The van der Waals surface area contributed by atoms with Crippen LogP contribution >= 0.6 is 11.6 Å². The van der Waals surface area contributed by atoms with Crippen LogP contribution in [0.5, 0.6) is 0 Å². The van der Waals surface area contributed by atoms with Gasteiger partial charge in [0.2, 0.25) is 0 Å². The number of aromatic nitrogens is 4. The molecule has 25 heavy (non-hydrogen) atoms. The van der Waals surface area contributed by atoms with Gasteiger partial charge in [-0.05, 0) is 30.2 Å². The van der Waals surface area contributed by atoms with Gasteiger partial charge in [0, 0.05) is 18.9 Å². The monoisotopic (exact) mass is 361 g/mol. The van der Waals surface area contributed by atoms with Gasteiger partial charge in [-0.25, -0.2) is 4.39 Å². The van der Waals surface area contributed by atoms with Gasteiger partial charge in [0.05, 0.1) is 6.54 Å². The summed E-state index contributed by atoms with van der Waals surface area (Å²) in [7, 11) is 0. The van der Waals surface area contributed by atoms with Crippen LogP contribution in [0.1, 0.15) is 29.4 Å². The van der Waals surface area contributed by atoms with E-state index in [1.54, 1.807) is 40.0 Å². The van der Waals surface area contributed by atoms with Crippen LogP contribution in [0.25, 0.3) is 0 Å².